The number of nitrogens with zero attached hydrogens (tertiary/aromatic N) is 2. The Hall–Kier alpha value is -1.16. The summed E-state index contributed by atoms with van der Waals surface area (Å²) in [7, 11) is 0. The van der Waals surface area contributed by atoms with Crippen molar-refractivity contribution in [2.45, 2.75) is 75.8 Å². The number of hydrogen-bond acceptors (Lipinski definition) is 3. The lowest BCUT2D eigenvalue weighted by Crippen LogP contribution is -2.39. The Morgan fingerprint density at radius 1 is 1.30 bits per heavy atom. The number of rotatable bonds is 5. The molecule has 0 spiro atoms. The van der Waals surface area contributed by atoms with Crippen LogP contribution in [0.4, 0.5) is 0 Å². The van der Waals surface area contributed by atoms with E-state index >= 15 is 0 Å². The minimum atomic E-state index is -0.231. The van der Waals surface area contributed by atoms with Crippen molar-refractivity contribution in [1.29, 1.82) is 0 Å². The maximum absolute atomic E-state index is 12.2. The van der Waals surface area contributed by atoms with Crippen LogP contribution in [0.3, 0.4) is 0 Å². The van der Waals surface area contributed by atoms with E-state index in [1.807, 2.05) is 12.3 Å². The highest BCUT2D eigenvalue weighted by Crippen LogP contribution is 2.31. The Labute approximate surface area is 120 Å². The van der Waals surface area contributed by atoms with Gasteiger partial charge in [0.25, 0.3) is 0 Å². The normalized spacial score (nSPS) is 22.4. The Morgan fingerprint density at radius 3 is 2.70 bits per heavy atom. The minimum absolute atomic E-state index is 0.231. The molecule has 1 aromatic heterocycles. The maximum Gasteiger partial charge on any atom is 0.140 e. The molecule has 0 amide bonds. The number of aromatic nitrogens is 2. The van der Waals surface area contributed by atoms with Crippen LogP contribution in [0.25, 0.3) is 0 Å². The molecule has 0 aliphatic heterocycles. The van der Waals surface area contributed by atoms with Gasteiger partial charge in [0, 0.05) is 18.2 Å². The van der Waals surface area contributed by atoms with Crippen molar-refractivity contribution < 1.29 is 4.79 Å². The van der Waals surface area contributed by atoms with Crippen molar-refractivity contribution in [3.05, 3.63) is 18.0 Å². The first kappa shape index (κ1) is 13.8. The molecule has 0 unspecified atom stereocenters. The van der Waals surface area contributed by atoms with Crippen LogP contribution in [0.5, 0.6) is 0 Å². The average Bonchev–Trinajstić information content (AvgIpc) is 3.08. The lowest BCUT2D eigenvalue weighted by atomic mass is 9.91. The van der Waals surface area contributed by atoms with Crippen molar-refractivity contribution in [2.75, 3.05) is 0 Å². The molecule has 0 radical (unpaired) electrons. The lowest BCUT2D eigenvalue weighted by Gasteiger charge is -2.22. The van der Waals surface area contributed by atoms with E-state index in [-0.39, 0.29) is 11.3 Å². The van der Waals surface area contributed by atoms with Gasteiger partial charge in [-0.25, -0.2) is 0 Å². The zero-order valence-electron chi connectivity index (χ0n) is 12.2. The fraction of sp³-hybridized carbons (Fsp3) is 0.750. The predicted molar refractivity (Wildman–Crippen MR) is 78.4 cm³/mol. The Kier molecular flexibility index (Phi) is 3.92. The van der Waals surface area contributed by atoms with E-state index in [9.17, 15) is 4.79 Å². The molecule has 4 heteroatoms. The number of ketones is 1. The van der Waals surface area contributed by atoms with E-state index < -0.39 is 0 Å². The highest BCUT2D eigenvalue weighted by molar-refractivity contribution is 5.81. The third-order valence-corrected chi connectivity index (χ3v) is 4.89. The summed E-state index contributed by atoms with van der Waals surface area (Å²) in [6.07, 6.45) is 12.4. The molecule has 3 rings (SSSR count). The van der Waals surface area contributed by atoms with Gasteiger partial charge in [0.15, 0.2) is 0 Å². The van der Waals surface area contributed by atoms with Crippen LogP contribution in [0.1, 0.15) is 69.5 Å². The van der Waals surface area contributed by atoms with Crippen molar-refractivity contribution in [1.82, 2.24) is 9.78 Å². The van der Waals surface area contributed by atoms with Gasteiger partial charge in [-0.1, -0.05) is 25.7 Å². The molecule has 0 aromatic carbocycles. The van der Waals surface area contributed by atoms with Crippen molar-refractivity contribution in [2.24, 2.45) is 5.73 Å². The second kappa shape index (κ2) is 5.68. The fourth-order valence-corrected chi connectivity index (χ4v) is 3.76. The van der Waals surface area contributed by atoms with Gasteiger partial charge in [0.1, 0.15) is 5.78 Å². The van der Waals surface area contributed by atoms with Crippen LogP contribution in [-0.2, 0) is 11.2 Å². The third kappa shape index (κ3) is 3.11. The molecule has 110 valence electrons. The standard InChI is InChI=1S/C16H25N3O/c17-16(8-3-4-9-16)12-15(20)11-13-7-10-19(18-13)14-5-1-2-6-14/h7,10,14H,1-6,8-9,11-12,17H2. The molecule has 1 heterocycles. The molecule has 1 aromatic rings. The largest absolute Gasteiger partial charge is 0.325 e. The summed E-state index contributed by atoms with van der Waals surface area (Å²) in [5.41, 5.74) is 6.95. The number of nitrogens with two attached hydrogens (primary N) is 1. The number of hydrogen-bond donors (Lipinski definition) is 1. The van der Waals surface area contributed by atoms with Crippen LogP contribution in [0.15, 0.2) is 12.3 Å². The first-order chi connectivity index (χ1) is 9.65. The van der Waals surface area contributed by atoms with E-state index in [1.165, 1.54) is 38.5 Å². The molecule has 0 atom stereocenters. The Bertz CT molecular complexity index is 468. The quantitative estimate of drug-likeness (QED) is 0.898. The highest BCUT2D eigenvalue weighted by Gasteiger charge is 2.31. The number of carbonyl (C=O) groups excluding carboxylic acids is 1. The Morgan fingerprint density at radius 2 is 2.00 bits per heavy atom. The topological polar surface area (TPSA) is 60.9 Å². The van der Waals surface area contributed by atoms with E-state index in [4.69, 9.17) is 5.73 Å². The van der Waals surface area contributed by atoms with E-state index in [2.05, 4.69) is 9.78 Å². The summed E-state index contributed by atoms with van der Waals surface area (Å²) in [4.78, 5) is 12.2. The molecular weight excluding hydrogens is 250 g/mol. The maximum atomic E-state index is 12.2. The van der Waals surface area contributed by atoms with E-state index in [1.54, 1.807) is 0 Å². The molecule has 2 N–H and O–H groups in total. The second-order valence-electron chi connectivity index (χ2n) is 6.69. The second-order valence-corrected chi connectivity index (χ2v) is 6.69. The molecule has 0 saturated heterocycles. The fourth-order valence-electron chi connectivity index (χ4n) is 3.76. The van der Waals surface area contributed by atoms with E-state index in [0.717, 1.165) is 18.5 Å². The van der Waals surface area contributed by atoms with Crippen molar-refractivity contribution in [3.63, 3.8) is 0 Å². The zero-order chi connectivity index (χ0) is 14.0. The molecule has 20 heavy (non-hydrogen) atoms. The van der Waals surface area contributed by atoms with Gasteiger partial charge in [0.05, 0.1) is 18.2 Å². The highest BCUT2D eigenvalue weighted by atomic mass is 16.1. The van der Waals surface area contributed by atoms with Crippen LogP contribution >= 0.6 is 0 Å². The van der Waals surface area contributed by atoms with Crippen molar-refractivity contribution in [3.8, 4) is 0 Å². The summed E-state index contributed by atoms with van der Waals surface area (Å²) in [6, 6.07) is 2.54. The third-order valence-electron chi connectivity index (χ3n) is 4.89. The lowest BCUT2D eigenvalue weighted by molar-refractivity contribution is -0.119. The summed E-state index contributed by atoms with van der Waals surface area (Å²) in [5.74, 6) is 0.242. The van der Waals surface area contributed by atoms with Crippen LogP contribution in [0.2, 0.25) is 0 Å². The monoisotopic (exact) mass is 275 g/mol. The van der Waals surface area contributed by atoms with Crippen LogP contribution in [-0.4, -0.2) is 21.1 Å². The van der Waals surface area contributed by atoms with Crippen molar-refractivity contribution >= 4 is 5.78 Å². The molecule has 0 bridgehead atoms. The van der Waals surface area contributed by atoms with Gasteiger partial charge in [0.2, 0.25) is 0 Å². The minimum Gasteiger partial charge on any atom is -0.325 e. The van der Waals surface area contributed by atoms with Crippen LogP contribution in [0, 0.1) is 0 Å². The zero-order valence-corrected chi connectivity index (χ0v) is 12.2. The Balaban J connectivity index is 1.56. The van der Waals surface area contributed by atoms with E-state index in [0.29, 0.717) is 18.9 Å². The predicted octanol–water partition coefficient (Wildman–Crippen LogP) is 2.77. The van der Waals surface area contributed by atoms with Gasteiger partial charge in [-0.05, 0) is 31.7 Å². The first-order valence-corrected chi connectivity index (χ1v) is 7.99. The molecule has 2 fully saturated rings. The molecule has 2 aliphatic carbocycles. The SMILES string of the molecule is NC1(CC(=O)Cc2ccn(C3CCCC3)n2)CCCC1. The molecule has 2 saturated carbocycles. The number of Topliss-reactive ketones (excluding diaryl/α,β-unsaturated/α-hetero) is 1. The first-order valence-electron chi connectivity index (χ1n) is 7.99. The molecule has 4 nitrogen and oxygen atoms in total. The van der Waals surface area contributed by atoms with Gasteiger partial charge in [-0.15, -0.1) is 0 Å². The average molecular weight is 275 g/mol. The summed E-state index contributed by atoms with van der Waals surface area (Å²) < 4.78 is 2.06. The van der Waals surface area contributed by atoms with Gasteiger partial charge in [-0.3, -0.25) is 9.48 Å². The van der Waals surface area contributed by atoms with Gasteiger partial charge in [-0.2, -0.15) is 5.10 Å². The summed E-state index contributed by atoms with van der Waals surface area (Å²) >= 11 is 0. The van der Waals surface area contributed by atoms with Crippen LogP contribution < -0.4 is 5.73 Å². The van der Waals surface area contributed by atoms with Gasteiger partial charge >= 0.3 is 0 Å². The number of carbonyl (C=O) groups is 1. The smallest absolute Gasteiger partial charge is 0.140 e. The molecule has 2 aliphatic rings. The molecular formula is C16H25N3O. The van der Waals surface area contributed by atoms with Gasteiger partial charge < -0.3 is 5.73 Å². The summed E-state index contributed by atoms with van der Waals surface area (Å²) in [5, 5.41) is 4.58. The summed E-state index contributed by atoms with van der Waals surface area (Å²) in [6.45, 7) is 0.